The van der Waals surface area contributed by atoms with Crippen LogP contribution >= 0.6 is 11.6 Å². The number of ketones is 1. The number of allylic oxidation sites excluding steroid dienone is 1. The standard InChI is InChI=1S/C25H15ClF13NO3/c26-18-6-11(2-4-15(18)23(31,32)33)16(24(34,35)36)8-19(27)12-1-3-14(17(5-12)25(37,38)39)20(41)7-13-9-43-40(21(13)42)10-22(28,29)30/h1-6,8,13,16H,7,9-10H2/b19-8-/t13-,16?/m1/s1. The lowest BCUT2D eigenvalue weighted by Crippen LogP contribution is -2.35. The van der Waals surface area contributed by atoms with Gasteiger partial charge in [-0.3, -0.25) is 14.4 Å². The molecule has 0 spiro atoms. The van der Waals surface area contributed by atoms with Gasteiger partial charge in [0.25, 0.3) is 5.91 Å². The number of alkyl halides is 12. The molecule has 1 amide bonds. The van der Waals surface area contributed by atoms with Gasteiger partial charge in [0.1, 0.15) is 18.3 Å². The Hall–Kier alpha value is -3.34. The van der Waals surface area contributed by atoms with Crippen molar-refractivity contribution >= 4 is 29.1 Å². The normalized spacial score (nSPS) is 17.9. The van der Waals surface area contributed by atoms with Crippen LogP contribution in [0, 0.1) is 5.92 Å². The summed E-state index contributed by atoms with van der Waals surface area (Å²) >= 11 is 5.45. The number of halogens is 14. The Bertz CT molecular complexity index is 1410. The molecule has 2 aromatic rings. The molecular weight excluding hydrogens is 645 g/mol. The van der Waals surface area contributed by atoms with Crippen molar-refractivity contribution in [2.75, 3.05) is 13.2 Å². The van der Waals surface area contributed by atoms with Crippen molar-refractivity contribution in [3.8, 4) is 0 Å². The van der Waals surface area contributed by atoms with Gasteiger partial charge in [0.15, 0.2) is 5.78 Å². The summed E-state index contributed by atoms with van der Waals surface area (Å²) in [6.07, 6.45) is -21.9. The molecule has 1 aliphatic rings. The molecule has 1 unspecified atom stereocenters. The lowest BCUT2D eigenvalue weighted by Gasteiger charge is -2.20. The molecule has 0 saturated carbocycles. The lowest BCUT2D eigenvalue weighted by molar-refractivity contribution is -0.214. The molecule has 1 saturated heterocycles. The average molecular weight is 660 g/mol. The number of carbonyl (C=O) groups excluding carboxylic acids is 2. The lowest BCUT2D eigenvalue weighted by atomic mass is 9.92. The van der Waals surface area contributed by atoms with E-state index in [-0.39, 0.29) is 29.3 Å². The largest absolute Gasteiger partial charge is 0.417 e. The van der Waals surface area contributed by atoms with E-state index in [0.29, 0.717) is 18.2 Å². The van der Waals surface area contributed by atoms with E-state index in [1.54, 1.807) is 0 Å². The molecule has 2 atom stereocenters. The second kappa shape index (κ2) is 12.0. The van der Waals surface area contributed by atoms with Gasteiger partial charge in [0.2, 0.25) is 0 Å². The van der Waals surface area contributed by atoms with Crippen LogP contribution < -0.4 is 0 Å². The van der Waals surface area contributed by atoms with E-state index >= 15 is 0 Å². The number of hydrogen-bond donors (Lipinski definition) is 0. The van der Waals surface area contributed by atoms with Crippen LogP contribution in [0.2, 0.25) is 5.02 Å². The fourth-order valence-corrected chi connectivity index (χ4v) is 4.33. The zero-order valence-electron chi connectivity index (χ0n) is 20.8. The number of nitrogens with zero attached hydrogens (tertiary/aromatic N) is 1. The van der Waals surface area contributed by atoms with Crippen molar-refractivity contribution in [3.63, 3.8) is 0 Å². The van der Waals surface area contributed by atoms with Crippen molar-refractivity contribution in [2.45, 2.75) is 37.0 Å². The molecule has 0 radical (unpaired) electrons. The van der Waals surface area contributed by atoms with Crippen LogP contribution in [0.4, 0.5) is 57.1 Å². The topological polar surface area (TPSA) is 46.6 Å². The van der Waals surface area contributed by atoms with Crippen LogP contribution in [0.15, 0.2) is 42.5 Å². The number of Topliss-reactive ketones (excluding diaryl/α,β-unsaturated/α-hetero) is 1. The van der Waals surface area contributed by atoms with E-state index in [0.717, 1.165) is 0 Å². The summed E-state index contributed by atoms with van der Waals surface area (Å²) in [5.74, 6) is -9.19. The fourth-order valence-electron chi connectivity index (χ4n) is 4.03. The molecule has 18 heteroatoms. The fraction of sp³-hybridized carbons (Fsp3) is 0.360. The van der Waals surface area contributed by atoms with Gasteiger partial charge < -0.3 is 0 Å². The van der Waals surface area contributed by atoms with Crippen molar-refractivity contribution in [1.29, 1.82) is 0 Å². The smallest absolute Gasteiger partial charge is 0.294 e. The Morgan fingerprint density at radius 3 is 2.05 bits per heavy atom. The molecule has 0 aromatic heterocycles. The number of carbonyl (C=O) groups is 2. The molecule has 2 aromatic carbocycles. The minimum Gasteiger partial charge on any atom is -0.294 e. The van der Waals surface area contributed by atoms with Crippen LogP contribution in [0.3, 0.4) is 0 Å². The van der Waals surface area contributed by atoms with Crippen molar-refractivity contribution in [2.24, 2.45) is 5.92 Å². The average Bonchev–Trinajstić information content (AvgIpc) is 3.17. The number of benzene rings is 2. The number of hydroxylamine groups is 2. The molecule has 0 N–H and O–H groups in total. The van der Waals surface area contributed by atoms with Crippen LogP contribution in [-0.2, 0) is 22.0 Å². The Labute approximate surface area is 237 Å². The van der Waals surface area contributed by atoms with Crippen LogP contribution in [0.1, 0.15) is 45.0 Å². The second-order valence-corrected chi connectivity index (χ2v) is 9.55. The third-order valence-electron chi connectivity index (χ3n) is 6.01. The third-order valence-corrected chi connectivity index (χ3v) is 6.32. The molecule has 236 valence electrons. The SMILES string of the molecule is O=C(C[C@@H]1CON(CC(F)(F)F)C1=O)c1ccc(/C(F)=C/C(c2ccc(C(F)(F)F)c(Cl)c2)C(F)(F)F)cc1C(F)(F)F. The molecule has 0 bridgehead atoms. The highest BCUT2D eigenvalue weighted by Crippen LogP contribution is 2.43. The summed E-state index contributed by atoms with van der Waals surface area (Å²) in [4.78, 5) is 29.2. The Morgan fingerprint density at radius 1 is 0.930 bits per heavy atom. The highest BCUT2D eigenvalue weighted by Gasteiger charge is 2.44. The molecule has 1 fully saturated rings. The molecule has 3 rings (SSSR count). The molecule has 1 aliphatic heterocycles. The van der Waals surface area contributed by atoms with Crippen molar-refractivity contribution in [3.05, 3.63) is 75.3 Å². The predicted octanol–water partition coefficient (Wildman–Crippen LogP) is 8.56. The van der Waals surface area contributed by atoms with E-state index in [9.17, 15) is 66.7 Å². The zero-order chi connectivity index (χ0) is 32.7. The first kappa shape index (κ1) is 34.2. The summed E-state index contributed by atoms with van der Waals surface area (Å²) < 4.78 is 174. The molecule has 1 heterocycles. The van der Waals surface area contributed by atoms with Crippen LogP contribution in [-0.4, -0.2) is 42.3 Å². The highest BCUT2D eigenvalue weighted by atomic mass is 35.5. The van der Waals surface area contributed by atoms with E-state index < -0.39 is 106 Å². The monoisotopic (exact) mass is 659 g/mol. The Kier molecular flexibility index (Phi) is 9.51. The number of amides is 1. The summed E-state index contributed by atoms with van der Waals surface area (Å²) in [5.41, 5.74) is -6.55. The van der Waals surface area contributed by atoms with Gasteiger partial charge in [-0.05, 0) is 29.8 Å². The number of rotatable bonds is 7. The third kappa shape index (κ3) is 8.40. The van der Waals surface area contributed by atoms with Gasteiger partial charge in [0, 0.05) is 17.5 Å². The first-order valence-corrected chi connectivity index (χ1v) is 11.9. The zero-order valence-corrected chi connectivity index (χ0v) is 21.5. The maximum Gasteiger partial charge on any atom is 0.417 e. The molecule has 43 heavy (non-hydrogen) atoms. The summed E-state index contributed by atoms with van der Waals surface area (Å²) in [6.45, 7) is -2.60. The first-order chi connectivity index (χ1) is 19.5. The van der Waals surface area contributed by atoms with Gasteiger partial charge in [-0.15, -0.1) is 0 Å². The molecule has 4 nitrogen and oxygen atoms in total. The van der Waals surface area contributed by atoms with Gasteiger partial charge in [-0.25, -0.2) is 9.45 Å². The molecular formula is C25H15ClF13NO3. The Morgan fingerprint density at radius 2 is 1.53 bits per heavy atom. The van der Waals surface area contributed by atoms with Gasteiger partial charge in [0.05, 0.1) is 28.7 Å². The van der Waals surface area contributed by atoms with Crippen LogP contribution in [0.25, 0.3) is 5.83 Å². The first-order valence-electron chi connectivity index (χ1n) is 11.6. The maximum atomic E-state index is 15.0. The predicted molar refractivity (Wildman–Crippen MR) is 122 cm³/mol. The summed E-state index contributed by atoms with van der Waals surface area (Å²) in [7, 11) is 0. The summed E-state index contributed by atoms with van der Waals surface area (Å²) in [6, 6.07) is 1.76. The quantitative estimate of drug-likeness (QED) is 0.221. The van der Waals surface area contributed by atoms with E-state index in [2.05, 4.69) is 4.84 Å². The summed E-state index contributed by atoms with van der Waals surface area (Å²) in [5, 5.41) is -1.25. The Balaban J connectivity index is 1.94. The van der Waals surface area contributed by atoms with E-state index in [4.69, 9.17) is 11.6 Å². The second-order valence-electron chi connectivity index (χ2n) is 9.14. The van der Waals surface area contributed by atoms with Gasteiger partial charge in [-0.1, -0.05) is 29.8 Å². The van der Waals surface area contributed by atoms with E-state index in [1.165, 1.54) is 0 Å². The van der Waals surface area contributed by atoms with Gasteiger partial charge >= 0.3 is 24.7 Å². The van der Waals surface area contributed by atoms with Crippen molar-refractivity contribution in [1.82, 2.24) is 5.06 Å². The minimum atomic E-state index is -5.40. The van der Waals surface area contributed by atoms with E-state index in [1.807, 2.05) is 0 Å². The van der Waals surface area contributed by atoms with Crippen LogP contribution in [0.5, 0.6) is 0 Å². The minimum absolute atomic E-state index is 0.00480. The molecule has 0 aliphatic carbocycles. The maximum absolute atomic E-state index is 15.0. The number of hydrogen-bond acceptors (Lipinski definition) is 3. The van der Waals surface area contributed by atoms with Crippen molar-refractivity contribution < 1.29 is 71.5 Å². The highest BCUT2D eigenvalue weighted by molar-refractivity contribution is 6.31. The van der Waals surface area contributed by atoms with Gasteiger partial charge in [-0.2, -0.15) is 52.7 Å².